The maximum Gasteiger partial charge on any atom is 0.240 e. The van der Waals surface area contributed by atoms with Gasteiger partial charge in [-0.1, -0.05) is 49.4 Å². The molecule has 0 aliphatic rings. The minimum absolute atomic E-state index is 0.299. The summed E-state index contributed by atoms with van der Waals surface area (Å²) in [5.74, 6) is 0. The van der Waals surface area contributed by atoms with Gasteiger partial charge in [0.05, 0.1) is 4.90 Å². The number of likely N-dealkylation sites (N-methyl/N-ethyl adjacent to an activating group) is 1. The number of rotatable bonds is 8. The first-order valence-corrected chi connectivity index (χ1v) is 9.77. The lowest BCUT2D eigenvalue weighted by Gasteiger charge is -2.23. The summed E-state index contributed by atoms with van der Waals surface area (Å²) in [6.45, 7) is 5.36. The van der Waals surface area contributed by atoms with Crippen LogP contribution in [0.4, 0.5) is 0 Å². The lowest BCUT2D eigenvalue weighted by atomic mass is 10.1. The van der Waals surface area contributed by atoms with Crippen molar-refractivity contribution in [1.29, 1.82) is 0 Å². The Labute approximate surface area is 145 Å². The third-order valence-electron chi connectivity index (χ3n) is 4.37. The van der Waals surface area contributed by atoms with E-state index < -0.39 is 10.0 Å². The van der Waals surface area contributed by atoms with E-state index in [4.69, 9.17) is 0 Å². The molecule has 1 N–H and O–H groups in total. The minimum atomic E-state index is -3.46. The summed E-state index contributed by atoms with van der Waals surface area (Å²) in [7, 11) is -1.45. The predicted molar refractivity (Wildman–Crippen MR) is 99.4 cm³/mol. The van der Waals surface area contributed by atoms with Gasteiger partial charge in [-0.25, -0.2) is 13.1 Å². The zero-order valence-electron chi connectivity index (χ0n) is 14.6. The molecule has 0 aliphatic carbocycles. The molecule has 0 amide bonds. The fourth-order valence-electron chi connectivity index (χ4n) is 2.43. The summed E-state index contributed by atoms with van der Waals surface area (Å²) in [5, 5.41) is 0. The fraction of sp³-hybridized carbons (Fsp3) is 0.368. The van der Waals surface area contributed by atoms with Gasteiger partial charge in [0.2, 0.25) is 10.0 Å². The van der Waals surface area contributed by atoms with Gasteiger partial charge in [0.15, 0.2) is 0 Å². The molecule has 0 fully saturated rings. The van der Waals surface area contributed by atoms with Crippen molar-refractivity contribution in [3.8, 4) is 11.1 Å². The maximum absolute atomic E-state index is 12.4. The van der Waals surface area contributed by atoms with Crippen LogP contribution in [-0.4, -0.2) is 39.5 Å². The second-order valence-corrected chi connectivity index (χ2v) is 7.79. The lowest BCUT2D eigenvalue weighted by Crippen LogP contribution is -2.37. The largest absolute Gasteiger partial charge is 0.302 e. The molecule has 24 heavy (non-hydrogen) atoms. The number of hydrogen-bond donors (Lipinski definition) is 1. The van der Waals surface area contributed by atoms with Crippen molar-refractivity contribution in [3.05, 3.63) is 54.6 Å². The van der Waals surface area contributed by atoms with Crippen molar-refractivity contribution in [2.45, 2.75) is 31.2 Å². The summed E-state index contributed by atoms with van der Waals surface area (Å²) < 4.78 is 27.4. The molecule has 0 saturated heterocycles. The summed E-state index contributed by atoms with van der Waals surface area (Å²) >= 11 is 0. The molecule has 0 saturated carbocycles. The average molecular weight is 346 g/mol. The van der Waals surface area contributed by atoms with Crippen LogP contribution in [0.15, 0.2) is 59.5 Å². The van der Waals surface area contributed by atoms with Crippen molar-refractivity contribution in [2.75, 3.05) is 20.1 Å². The Morgan fingerprint density at radius 2 is 1.58 bits per heavy atom. The SMILES string of the molecule is CCC(C)N(C)CCNS(=O)(=O)c1ccc(-c2ccccc2)cc1. The first-order valence-electron chi connectivity index (χ1n) is 8.29. The van der Waals surface area contributed by atoms with Crippen molar-refractivity contribution >= 4 is 10.0 Å². The zero-order chi connectivity index (χ0) is 17.6. The molecule has 0 aromatic heterocycles. The second-order valence-electron chi connectivity index (χ2n) is 6.03. The molecule has 4 nitrogen and oxygen atoms in total. The van der Waals surface area contributed by atoms with E-state index in [9.17, 15) is 8.42 Å². The van der Waals surface area contributed by atoms with Gasteiger partial charge in [-0.05, 0) is 43.7 Å². The highest BCUT2D eigenvalue weighted by Crippen LogP contribution is 2.20. The summed E-state index contributed by atoms with van der Waals surface area (Å²) in [6.07, 6.45) is 1.05. The fourth-order valence-corrected chi connectivity index (χ4v) is 3.45. The normalized spacial score (nSPS) is 13.2. The highest BCUT2D eigenvalue weighted by atomic mass is 32.2. The Balaban J connectivity index is 1.99. The van der Waals surface area contributed by atoms with Crippen LogP contribution in [0.1, 0.15) is 20.3 Å². The van der Waals surface area contributed by atoms with Crippen LogP contribution in [0.5, 0.6) is 0 Å². The third kappa shape index (κ3) is 4.90. The van der Waals surface area contributed by atoms with Crippen LogP contribution in [0, 0.1) is 0 Å². The zero-order valence-corrected chi connectivity index (χ0v) is 15.4. The number of benzene rings is 2. The van der Waals surface area contributed by atoms with Crippen molar-refractivity contribution in [1.82, 2.24) is 9.62 Å². The molecular weight excluding hydrogens is 320 g/mol. The molecule has 1 unspecified atom stereocenters. The molecular formula is C19H26N2O2S. The van der Waals surface area contributed by atoms with Crippen LogP contribution < -0.4 is 4.72 Å². The van der Waals surface area contributed by atoms with E-state index in [1.165, 1.54) is 0 Å². The minimum Gasteiger partial charge on any atom is -0.302 e. The highest BCUT2D eigenvalue weighted by molar-refractivity contribution is 7.89. The summed E-state index contributed by atoms with van der Waals surface area (Å²) in [6, 6.07) is 17.3. The molecule has 130 valence electrons. The van der Waals surface area contributed by atoms with E-state index in [0.717, 1.165) is 17.5 Å². The van der Waals surface area contributed by atoms with E-state index in [1.807, 2.05) is 49.5 Å². The van der Waals surface area contributed by atoms with Crippen LogP contribution in [0.2, 0.25) is 0 Å². The van der Waals surface area contributed by atoms with Gasteiger partial charge in [0.1, 0.15) is 0 Å². The predicted octanol–water partition coefficient (Wildman–Crippen LogP) is 3.36. The number of hydrogen-bond acceptors (Lipinski definition) is 3. The van der Waals surface area contributed by atoms with Gasteiger partial charge >= 0.3 is 0 Å². The summed E-state index contributed by atoms with van der Waals surface area (Å²) in [5.41, 5.74) is 2.08. The Bertz CT molecular complexity index is 728. The topological polar surface area (TPSA) is 49.4 Å². The molecule has 0 aliphatic heterocycles. The monoisotopic (exact) mass is 346 g/mol. The molecule has 1 atom stereocenters. The Hall–Kier alpha value is -1.69. The molecule has 2 rings (SSSR count). The summed E-state index contributed by atoms with van der Waals surface area (Å²) in [4.78, 5) is 2.45. The standard InChI is InChI=1S/C19H26N2O2S/c1-4-16(2)21(3)15-14-20-24(22,23)19-12-10-18(11-13-19)17-8-6-5-7-9-17/h5-13,16,20H,4,14-15H2,1-3H3. The molecule has 5 heteroatoms. The van der Waals surface area contributed by atoms with Gasteiger partial charge in [-0.2, -0.15) is 0 Å². The lowest BCUT2D eigenvalue weighted by molar-refractivity contribution is 0.256. The third-order valence-corrected chi connectivity index (χ3v) is 5.85. The Morgan fingerprint density at radius 1 is 1.00 bits per heavy atom. The maximum atomic E-state index is 12.4. The molecule has 2 aromatic carbocycles. The van der Waals surface area contributed by atoms with Gasteiger partial charge in [-0.3, -0.25) is 0 Å². The van der Waals surface area contributed by atoms with Crippen LogP contribution in [-0.2, 0) is 10.0 Å². The van der Waals surface area contributed by atoms with E-state index in [2.05, 4.69) is 23.5 Å². The van der Waals surface area contributed by atoms with E-state index in [-0.39, 0.29) is 0 Å². The quantitative estimate of drug-likeness (QED) is 0.797. The average Bonchev–Trinajstić information content (AvgIpc) is 2.61. The van der Waals surface area contributed by atoms with Gasteiger partial charge in [0, 0.05) is 19.1 Å². The van der Waals surface area contributed by atoms with Crippen LogP contribution in [0.25, 0.3) is 11.1 Å². The molecule has 0 heterocycles. The van der Waals surface area contributed by atoms with E-state index >= 15 is 0 Å². The number of sulfonamides is 1. The highest BCUT2D eigenvalue weighted by Gasteiger charge is 2.14. The van der Waals surface area contributed by atoms with Crippen molar-refractivity contribution in [3.63, 3.8) is 0 Å². The first kappa shape index (κ1) is 18.6. The van der Waals surface area contributed by atoms with Gasteiger partial charge < -0.3 is 4.90 Å². The molecule has 0 bridgehead atoms. The van der Waals surface area contributed by atoms with Gasteiger partial charge in [0.25, 0.3) is 0 Å². The Morgan fingerprint density at radius 3 is 2.17 bits per heavy atom. The second kappa shape index (κ2) is 8.42. The van der Waals surface area contributed by atoms with E-state index in [1.54, 1.807) is 12.1 Å². The number of nitrogens with one attached hydrogen (secondary N) is 1. The first-order chi connectivity index (χ1) is 11.4. The van der Waals surface area contributed by atoms with Crippen LogP contribution >= 0.6 is 0 Å². The number of nitrogens with zero attached hydrogens (tertiary/aromatic N) is 1. The molecule has 0 radical (unpaired) electrons. The Kier molecular flexibility index (Phi) is 6.54. The molecule has 2 aromatic rings. The van der Waals surface area contributed by atoms with Crippen LogP contribution in [0.3, 0.4) is 0 Å². The van der Waals surface area contributed by atoms with Crippen molar-refractivity contribution < 1.29 is 8.42 Å². The van der Waals surface area contributed by atoms with E-state index in [0.29, 0.717) is 24.0 Å². The van der Waals surface area contributed by atoms with Crippen molar-refractivity contribution in [2.24, 2.45) is 0 Å². The smallest absolute Gasteiger partial charge is 0.240 e. The van der Waals surface area contributed by atoms with Gasteiger partial charge in [-0.15, -0.1) is 0 Å². The molecule has 0 spiro atoms.